The number of rotatable bonds is 5. The van der Waals surface area contributed by atoms with Crippen LogP contribution in [0.25, 0.3) is 0 Å². The van der Waals surface area contributed by atoms with E-state index < -0.39 is 0 Å². The zero-order valence-electron chi connectivity index (χ0n) is 13.1. The van der Waals surface area contributed by atoms with Gasteiger partial charge in [0.25, 0.3) is 0 Å². The normalized spacial score (nSPS) is 25.8. The van der Waals surface area contributed by atoms with Gasteiger partial charge in [-0.05, 0) is 43.8 Å². The molecule has 2 aliphatic rings. The van der Waals surface area contributed by atoms with Crippen molar-refractivity contribution in [2.75, 3.05) is 39.4 Å². The third-order valence-electron chi connectivity index (χ3n) is 4.25. The Morgan fingerprint density at radius 2 is 2.24 bits per heavy atom. The predicted octanol–water partition coefficient (Wildman–Crippen LogP) is 0.322. The van der Waals surface area contributed by atoms with Crippen molar-refractivity contribution in [2.45, 2.75) is 39.0 Å². The molecule has 0 unspecified atom stereocenters. The van der Waals surface area contributed by atoms with Gasteiger partial charge in [-0.3, -0.25) is 5.43 Å². The molecule has 0 radical (unpaired) electrons. The van der Waals surface area contributed by atoms with Crippen molar-refractivity contribution in [3.63, 3.8) is 0 Å². The molecule has 6 heteroatoms. The Hall–Kier alpha value is -0.720. The summed E-state index contributed by atoms with van der Waals surface area (Å²) in [6, 6.07) is 0. The Bertz CT molecular complexity index is 356. The molecule has 0 spiro atoms. The highest BCUT2D eigenvalue weighted by molar-refractivity contribution is 7.80. The highest BCUT2D eigenvalue weighted by atomic mass is 32.1. The molecule has 0 amide bonds. The van der Waals surface area contributed by atoms with Crippen molar-refractivity contribution in [3.05, 3.63) is 0 Å². The fraction of sp³-hybridized carbons (Fsp3) is 0.867. The van der Waals surface area contributed by atoms with E-state index in [4.69, 9.17) is 17.0 Å². The molecule has 0 aromatic rings. The standard InChI is InChI=1S/C15H28N4OS/c1-13-4-2-5-14(12-13)17-18-15(21)16-6-3-7-19-8-10-20-11-9-19/h13H,2-12H2,1H3,(H2,16,18,21)/p+1/b17-14-/t13-/m1/s1. The quantitative estimate of drug-likeness (QED) is 0.389. The molecule has 2 fully saturated rings. The van der Waals surface area contributed by atoms with Crippen LogP contribution >= 0.6 is 12.2 Å². The van der Waals surface area contributed by atoms with Crippen molar-refractivity contribution in [1.82, 2.24) is 10.7 Å². The van der Waals surface area contributed by atoms with Gasteiger partial charge in [0.15, 0.2) is 5.11 Å². The first-order chi connectivity index (χ1) is 10.2. The van der Waals surface area contributed by atoms with E-state index in [0.717, 1.165) is 58.0 Å². The molecule has 0 bridgehead atoms. The number of hydrogen-bond acceptors (Lipinski definition) is 3. The van der Waals surface area contributed by atoms with E-state index in [-0.39, 0.29) is 0 Å². The number of ether oxygens (including phenoxy) is 1. The first-order valence-corrected chi connectivity index (χ1v) is 8.65. The average molecular weight is 313 g/mol. The molecule has 1 aliphatic carbocycles. The summed E-state index contributed by atoms with van der Waals surface area (Å²) in [4.78, 5) is 1.64. The Labute approximate surface area is 133 Å². The summed E-state index contributed by atoms with van der Waals surface area (Å²) >= 11 is 5.27. The van der Waals surface area contributed by atoms with Gasteiger partial charge in [-0.25, -0.2) is 0 Å². The lowest BCUT2D eigenvalue weighted by Crippen LogP contribution is -3.14. The van der Waals surface area contributed by atoms with Gasteiger partial charge in [0.05, 0.1) is 19.8 Å². The fourth-order valence-electron chi connectivity index (χ4n) is 2.98. The number of hydrogen-bond donors (Lipinski definition) is 3. The van der Waals surface area contributed by atoms with Crippen LogP contribution in [0.15, 0.2) is 5.10 Å². The Kier molecular flexibility index (Phi) is 7.39. The zero-order chi connectivity index (χ0) is 14.9. The summed E-state index contributed by atoms with van der Waals surface area (Å²) in [5, 5.41) is 8.34. The molecular formula is C15H29N4OS+. The second-order valence-corrected chi connectivity index (χ2v) is 6.62. The highest BCUT2D eigenvalue weighted by Gasteiger charge is 2.14. The lowest BCUT2D eigenvalue weighted by molar-refractivity contribution is -0.908. The van der Waals surface area contributed by atoms with Crippen LogP contribution < -0.4 is 15.6 Å². The number of nitrogens with one attached hydrogen (secondary N) is 3. The number of quaternary nitrogens is 1. The summed E-state index contributed by atoms with van der Waals surface area (Å²) in [7, 11) is 0. The third-order valence-corrected chi connectivity index (χ3v) is 4.49. The van der Waals surface area contributed by atoms with Gasteiger partial charge in [-0.15, -0.1) is 0 Å². The minimum atomic E-state index is 0.651. The second-order valence-electron chi connectivity index (χ2n) is 6.21. The average Bonchev–Trinajstić information content (AvgIpc) is 2.51. The van der Waals surface area contributed by atoms with Crippen LogP contribution in [0.3, 0.4) is 0 Å². The summed E-state index contributed by atoms with van der Waals surface area (Å²) in [6.45, 7) is 8.46. The molecule has 120 valence electrons. The molecule has 1 aliphatic heterocycles. The third kappa shape index (κ3) is 6.72. The van der Waals surface area contributed by atoms with Gasteiger partial charge in [0.2, 0.25) is 0 Å². The molecule has 1 atom stereocenters. The van der Waals surface area contributed by atoms with Gasteiger partial charge in [-0.2, -0.15) is 5.10 Å². The molecular weight excluding hydrogens is 284 g/mol. The Balaban J connectivity index is 1.53. The summed E-state index contributed by atoms with van der Waals surface area (Å²) in [6.07, 6.45) is 5.93. The van der Waals surface area contributed by atoms with E-state index in [9.17, 15) is 0 Å². The summed E-state index contributed by atoms with van der Waals surface area (Å²) in [5.74, 6) is 0.761. The van der Waals surface area contributed by atoms with Crippen molar-refractivity contribution in [1.29, 1.82) is 0 Å². The predicted molar refractivity (Wildman–Crippen MR) is 89.8 cm³/mol. The highest BCUT2D eigenvalue weighted by Crippen LogP contribution is 2.20. The van der Waals surface area contributed by atoms with E-state index >= 15 is 0 Å². The van der Waals surface area contributed by atoms with Crippen LogP contribution in [0.5, 0.6) is 0 Å². The fourth-order valence-corrected chi connectivity index (χ4v) is 3.13. The van der Waals surface area contributed by atoms with E-state index in [0.29, 0.717) is 5.11 Å². The van der Waals surface area contributed by atoms with E-state index in [1.54, 1.807) is 4.90 Å². The van der Waals surface area contributed by atoms with Crippen molar-refractivity contribution >= 4 is 23.0 Å². The minimum Gasteiger partial charge on any atom is -0.370 e. The van der Waals surface area contributed by atoms with E-state index in [1.807, 2.05) is 0 Å². The largest absolute Gasteiger partial charge is 0.370 e. The van der Waals surface area contributed by atoms with Gasteiger partial charge in [0, 0.05) is 18.7 Å². The van der Waals surface area contributed by atoms with Crippen LogP contribution in [0, 0.1) is 5.92 Å². The maximum atomic E-state index is 5.36. The topological polar surface area (TPSA) is 50.1 Å². The lowest BCUT2D eigenvalue weighted by Gasteiger charge is -2.23. The monoisotopic (exact) mass is 313 g/mol. The summed E-state index contributed by atoms with van der Waals surface area (Å²) in [5.41, 5.74) is 4.25. The molecule has 1 saturated heterocycles. The molecule has 0 aromatic heterocycles. The molecule has 1 saturated carbocycles. The van der Waals surface area contributed by atoms with Gasteiger partial charge >= 0.3 is 0 Å². The van der Waals surface area contributed by atoms with Crippen LogP contribution in [0.2, 0.25) is 0 Å². The van der Waals surface area contributed by atoms with Crippen LogP contribution in [0.1, 0.15) is 39.0 Å². The van der Waals surface area contributed by atoms with Crippen LogP contribution in [0.4, 0.5) is 0 Å². The smallest absolute Gasteiger partial charge is 0.186 e. The van der Waals surface area contributed by atoms with Gasteiger partial charge < -0.3 is 15.0 Å². The zero-order valence-corrected chi connectivity index (χ0v) is 13.9. The van der Waals surface area contributed by atoms with Crippen molar-refractivity contribution in [2.24, 2.45) is 11.0 Å². The minimum absolute atomic E-state index is 0.651. The molecule has 1 heterocycles. The first kappa shape index (κ1) is 16.6. The number of nitrogens with zero attached hydrogens (tertiary/aromatic N) is 1. The maximum Gasteiger partial charge on any atom is 0.186 e. The number of morpholine rings is 1. The first-order valence-electron chi connectivity index (χ1n) is 8.24. The van der Waals surface area contributed by atoms with Crippen molar-refractivity contribution < 1.29 is 9.64 Å². The van der Waals surface area contributed by atoms with E-state index in [1.165, 1.54) is 25.1 Å². The molecule has 21 heavy (non-hydrogen) atoms. The second kappa shape index (κ2) is 9.33. The summed E-state index contributed by atoms with van der Waals surface area (Å²) < 4.78 is 5.36. The molecule has 2 rings (SSSR count). The lowest BCUT2D eigenvalue weighted by atomic mass is 9.89. The van der Waals surface area contributed by atoms with Crippen LogP contribution in [-0.2, 0) is 4.74 Å². The SMILES string of the molecule is C[C@@H]1CCC/C(=N/NC(=S)NCCC[NH+]2CCOCC2)C1. The Morgan fingerprint density at radius 1 is 1.43 bits per heavy atom. The maximum absolute atomic E-state index is 5.36. The number of hydrazone groups is 1. The number of thiocarbonyl (C=S) groups is 1. The molecule has 5 nitrogen and oxygen atoms in total. The Morgan fingerprint density at radius 3 is 3.00 bits per heavy atom. The van der Waals surface area contributed by atoms with Crippen LogP contribution in [-0.4, -0.2) is 50.2 Å². The van der Waals surface area contributed by atoms with Crippen molar-refractivity contribution in [3.8, 4) is 0 Å². The van der Waals surface area contributed by atoms with Gasteiger partial charge in [0.1, 0.15) is 13.1 Å². The molecule has 0 aromatic carbocycles. The molecule has 3 N–H and O–H groups in total. The van der Waals surface area contributed by atoms with Gasteiger partial charge in [-0.1, -0.05) is 6.92 Å². The van der Waals surface area contributed by atoms with E-state index in [2.05, 4.69) is 22.8 Å².